The first-order valence-electron chi connectivity index (χ1n) is 15.8. The summed E-state index contributed by atoms with van der Waals surface area (Å²) in [6, 6.07) is 0. The second-order valence-electron chi connectivity index (χ2n) is 10.7. The second-order valence-corrected chi connectivity index (χ2v) is 12.5. The van der Waals surface area contributed by atoms with Crippen molar-refractivity contribution in [1.29, 1.82) is 0 Å². The van der Waals surface area contributed by atoms with Crippen molar-refractivity contribution in [3.05, 3.63) is 0 Å². The first kappa shape index (κ1) is 35.1. The van der Waals surface area contributed by atoms with Gasteiger partial charge in [0.1, 0.15) is 0 Å². The standard InChI is InChI=1S/C30H64NO3P/c1-4-7-10-13-15-17-19-21-23-25-28-31(35(32,33)34-30-27-12-9-6-3)29-26-24-22-20-18-16-14-11-8-5-2/h4-30H2,1-3H3,(H,32,33). The van der Waals surface area contributed by atoms with E-state index in [0.29, 0.717) is 19.7 Å². The lowest BCUT2D eigenvalue weighted by molar-refractivity contribution is 0.194. The number of nitrogens with zero attached hydrogens (tertiary/aromatic N) is 1. The maximum atomic E-state index is 13.0. The fraction of sp³-hybridized carbons (Fsp3) is 1.00. The van der Waals surface area contributed by atoms with Gasteiger partial charge in [0.2, 0.25) is 0 Å². The highest BCUT2D eigenvalue weighted by atomic mass is 31.2. The monoisotopic (exact) mass is 517 g/mol. The van der Waals surface area contributed by atoms with E-state index in [-0.39, 0.29) is 0 Å². The largest absolute Gasteiger partial charge is 0.405 e. The summed E-state index contributed by atoms with van der Waals surface area (Å²) in [4.78, 5) is 10.7. The number of rotatable bonds is 29. The Bertz CT molecular complexity index is 437. The highest BCUT2D eigenvalue weighted by Gasteiger charge is 2.28. The molecule has 5 heteroatoms. The molecular formula is C30H64NO3P. The quantitative estimate of drug-likeness (QED) is 0.0791. The Labute approximate surface area is 221 Å². The van der Waals surface area contributed by atoms with E-state index in [2.05, 4.69) is 20.8 Å². The zero-order chi connectivity index (χ0) is 25.9. The predicted octanol–water partition coefficient (Wildman–Crippen LogP) is 10.8. The molecule has 0 rings (SSSR count). The van der Waals surface area contributed by atoms with Gasteiger partial charge in [-0.25, -0.2) is 9.24 Å². The number of hydrogen-bond acceptors (Lipinski definition) is 2. The van der Waals surface area contributed by atoms with E-state index < -0.39 is 7.75 Å². The lowest BCUT2D eigenvalue weighted by Crippen LogP contribution is -2.24. The molecule has 0 amide bonds. The molecule has 0 bridgehead atoms. The number of unbranched alkanes of at least 4 members (excludes halogenated alkanes) is 21. The van der Waals surface area contributed by atoms with Gasteiger partial charge in [-0.1, -0.05) is 156 Å². The summed E-state index contributed by atoms with van der Waals surface area (Å²) in [7, 11) is -3.67. The van der Waals surface area contributed by atoms with Crippen LogP contribution in [0.4, 0.5) is 0 Å². The van der Waals surface area contributed by atoms with Crippen molar-refractivity contribution in [3.8, 4) is 0 Å². The molecule has 0 aliphatic carbocycles. The van der Waals surface area contributed by atoms with E-state index in [4.69, 9.17) is 4.52 Å². The predicted molar refractivity (Wildman–Crippen MR) is 155 cm³/mol. The van der Waals surface area contributed by atoms with Crippen LogP contribution in [0.1, 0.15) is 175 Å². The molecule has 0 aromatic heterocycles. The molecule has 0 fully saturated rings. The molecule has 0 spiro atoms. The lowest BCUT2D eigenvalue weighted by atomic mass is 10.1. The first-order valence-corrected chi connectivity index (χ1v) is 17.3. The first-order chi connectivity index (χ1) is 17.1. The van der Waals surface area contributed by atoms with Crippen LogP contribution >= 0.6 is 7.75 Å². The van der Waals surface area contributed by atoms with Gasteiger partial charge in [0.15, 0.2) is 0 Å². The minimum atomic E-state index is -3.67. The Balaban J connectivity index is 4.17. The molecule has 0 radical (unpaired) electrons. The van der Waals surface area contributed by atoms with Crippen LogP contribution in [0.3, 0.4) is 0 Å². The molecule has 212 valence electrons. The minimum Gasteiger partial charge on any atom is -0.312 e. The van der Waals surface area contributed by atoms with Gasteiger partial charge >= 0.3 is 7.75 Å². The van der Waals surface area contributed by atoms with Crippen molar-refractivity contribution in [2.45, 2.75) is 175 Å². The van der Waals surface area contributed by atoms with E-state index in [1.165, 1.54) is 116 Å². The summed E-state index contributed by atoms with van der Waals surface area (Å²) in [6.07, 6.45) is 30.0. The topological polar surface area (TPSA) is 49.8 Å². The van der Waals surface area contributed by atoms with E-state index in [1.54, 1.807) is 4.67 Å². The molecule has 0 aliphatic heterocycles. The van der Waals surface area contributed by atoms with E-state index in [0.717, 1.165) is 38.5 Å². The summed E-state index contributed by atoms with van der Waals surface area (Å²) in [6.45, 7) is 8.50. The Morgan fingerprint density at radius 3 is 1.11 bits per heavy atom. The molecule has 0 saturated heterocycles. The Kier molecular flexibility index (Phi) is 27.2. The van der Waals surface area contributed by atoms with Gasteiger partial charge in [0.05, 0.1) is 6.61 Å². The summed E-state index contributed by atoms with van der Waals surface area (Å²) in [5, 5.41) is 0. The molecule has 0 heterocycles. The van der Waals surface area contributed by atoms with Crippen molar-refractivity contribution < 1.29 is 14.0 Å². The van der Waals surface area contributed by atoms with Crippen LogP contribution in [-0.4, -0.2) is 29.3 Å². The highest BCUT2D eigenvalue weighted by molar-refractivity contribution is 7.50. The average molecular weight is 518 g/mol. The smallest absolute Gasteiger partial charge is 0.312 e. The number of hydrogen-bond donors (Lipinski definition) is 1. The van der Waals surface area contributed by atoms with Crippen LogP contribution in [-0.2, 0) is 9.09 Å². The van der Waals surface area contributed by atoms with Crippen molar-refractivity contribution in [2.24, 2.45) is 0 Å². The summed E-state index contributed by atoms with van der Waals surface area (Å²) >= 11 is 0. The van der Waals surface area contributed by atoms with Gasteiger partial charge in [0.25, 0.3) is 0 Å². The van der Waals surface area contributed by atoms with Crippen LogP contribution in [0, 0.1) is 0 Å². The molecule has 1 atom stereocenters. The Morgan fingerprint density at radius 1 is 0.486 bits per heavy atom. The summed E-state index contributed by atoms with van der Waals surface area (Å²) in [5.41, 5.74) is 0. The van der Waals surface area contributed by atoms with Crippen molar-refractivity contribution in [1.82, 2.24) is 4.67 Å². The Hall–Kier alpha value is 0.110. The molecule has 0 aliphatic rings. The third-order valence-corrected chi connectivity index (χ3v) is 8.79. The molecule has 0 aromatic rings. The maximum absolute atomic E-state index is 13.0. The lowest BCUT2D eigenvalue weighted by Gasteiger charge is -2.26. The van der Waals surface area contributed by atoms with Gasteiger partial charge < -0.3 is 4.89 Å². The molecular weight excluding hydrogens is 453 g/mol. The van der Waals surface area contributed by atoms with Crippen molar-refractivity contribution >= 4 is 7.75 Å². The van der Waals surface area contributed by atoms with Gasteiger partial charge in [-0.2, -0.15) is 0 Å². The van der Waals surface area contributed by atoms with Crippen LogP contribution in [0.25, 0.3) is 0 Å². The maximum Gasteiger partial charge on any atom is 0.405 e. The van der Waals surface area contributed by atoms with Gasteiger partial charge in [-0.05, 0) is 19.3 Å². The summed E-state index contributed by atoms with van der Waals surface area (Å²) < 4.78 is 20.3. The minimum absolute atomic E-state index is 0.403. The second kappa shape index (κ2) is 27.2. The van der Waals surface area contributed by atoms with E-state index in [9.17, 15) is 9.46 Å². The highest BCUT2D eigenvalue weighted by Crippen LogP contribution is 2.46. The SMILES string of the molecule is CCCCCCCCCCCCN(CCCCCCCCCCCC)P(=O)(O)OCCCCCC. The van der Waals surface area contributed by atoms with Crippen LogP contribution in [0.15, 0.2) is 0 Å². The van der Waals surface area contributed by atoms with Crippen molar-refractivity contribution in [3.63, 3.8) is 0 Å². The van der Waals surface area contributed by atoms with E-state index >= 15 is 0 Å². The molecule has 0 aromatic carbocycles. The molecule has 4 nitrogen and oxygen atoms in total. The third-order valence-electron chi connectivity index (χ3n) is 7.15. The molecule has 1 N–H and O–H groups in total. The van der Waals surface area contributed by atoms with E-state index in [1.807, 2.05) is 0 Å². The van der Waals surface area contributed by atoms with Crippen LogP contribution in [0.5, 0.6) is 0 Å². The van der Waals surface area contributed by atoms with Crippen LogP contribution in [0.2, 0.25) is 0 Å². The fourth-order valence-electron chi connectivity index (χ4n) is 4.72. The van der Waals surface area contributed by atoms with Crippen LogP contribution < -0.4 is 0 Å². The average Bonchev–Trinajstić information content (AvgIpc) is 2.84. The van der Waals surface area contributed by atoms with Gasteiger partial charge in [-0.15, -0.1) is 0 Å². The Morgan fingerprint density at radius 2 is 0.771 bits per heavy atom. The molecule has 0 saturated carbocycles. The van der Waals surface area contributed by atoms with Crippen molar-refractivity contribution in [2.75, 3.05) is 19.7 Å². The third kappa shape index (κ3) is 24.2. The molecule has 1 unspecified atom stereocenters. The fourth-order valence-corrected chi connectivity index (χ4v) is 6.04. The van der Waals surface area contributed by atoms with Gasteiger partial charge in [0, 0.05) is 13.1 Å². The molecule has 35 heavy (non-hydrogen) atoms. The zero-order valence-corrected chi connectivity index (χ0v) is 25.1. The summed E-state index contributed by atoms with van der Waals surface area (Å²) in [5.74, 6) is 0. The normalized spacial score (nSPS) is 13.5. The zero-order valence-electron chi connectivity index (χ0n) is 24.3. The van der Waals surface area contributed by atoms with Gasteiger partial charge in [-0.3, -0.25) is 4.52 Å².